The van der Waals surface area contributed by atoms with Gasteiger partial charge in [-0.05, 0) is 67.8 Å². The smallest absolute Gasteiger partial charge is 0.263 e. The molecule has 0 spiro atoms. The highest BCUT2D eigenvalue weighted by molar-refractivity contribution is 6.01. The van der Waals surface area contributed by atoms with Crippen LogP contribution in [-0.4, -0.2) is 49.7 Å². The number of fused-ring (bicyclic) bond motifs is 1. The van der Waals surface area contributed by atoms with Crippen molar-refractivity contribution in [3.05, 3.63) is 87.5 Å². The van der Waals surface area contributed by atoms with E-state index in [0.29, 0.717) is 34.0 Å². The van der Waals surface area contributed by atoms with Crippen molar-refractivity contribution in [2.45, 2.75) is 20.8 Å². The van der Waals surface area contributed by atoms with Crippen LogP contribution in [0.15, 0.2) is 59.5 Å². The van der Waals surface area contributed by atoms with Crippen LogP contribution in [-0.2, 0) is 4.79 Å². The van der Waals surface area contributed by atoms with Gasteiger partial charge < -0.3 is 14.8 Å². The van der Waals surface area contributed by atoms with Crippen LogP contribution in [0.5, 0.6) is 11.5 Å². The monoisotopic (exact) mass is 525 g/mol. The number of carbonyl (C=O) groups is 1. The highest BCUT2D eigenvalue weighted by atomic mass is 16.5. The van der Waals surface area contributed by atoms with Crippen molar-refractivity contribution >= 4 is 28.8 Å². The molecule has 2 N–H and O–H groups in total. The highest BCUT2D eigenvalue weighted by Crippen LogP contribution is 2.28. The maximum atomic E-state index is 12.9. The molecule has 39 heavy (non-hydrogen) atoms. The molecule has 0 atom stereocenters. The van der Waals surface area contributed by atoms with Gasteiger partial charge in [0.15, 0.2) is 17.1 Å². The average Bonchev–Trinajstić information content (AvgIpc) is 3.52. The molecule has 5 aromatic rings. The van der Waals surface area contributed by atoms with E-state index in [4.69, 9.17) is 9.47 Å². The van der Waals surface area contributed by atoms with Crippen molar-refractivity contribution < 1.29 is 14.3 Å². The molecule has 198 valence electrons. The van der Waals surface area contributed by atoms with Crippen LogP contribution in [0, 0.1) is 20.8 Å². The van der Waals surface area contributed by atoms with Crippen molar-refractivity contribution in [3.8, 4) is 23.1 Å². The van der Waals surface area contributed by atoms with Crippen LogP contribution in [0.3, 0.4) is 0 Å². The molecule has 5 rings (SSSR count). The van der Waals surface area contributed by atoms with Gasteiger partial charge in [0, 0.05) is 12.1 Å². The van der Waals surface area contributed by atoms with Gasteiger partial charge in [0.2, 0.25) is 11.9 Å². The van der Waals surface area contributed by atoms with Gasteiger partial charge in [0.1, 0.15) is 11.2 Å². The number of rotatable bonds is 7. The Balaban J connectivity index is 1.46. The molecular weight excluding hydrogens is 498 g/mol. The molecule has 11 heteroatoms. The van der Waals surface area contributed by atoms with E-state index in [1.165, 1.54) is 17.0 Å². The minimum Gasteiger partial charge on any atom is -0.493 e. The molecule has 0 radical (unpaired) electrons. The van der Waals surface area contributed by atoms with Gasteiger partial charge in [0.05, 0.1) is 31.8 Å². The predicted molar refractivity (Wildman–Crippen MR) is 148 cm³/mol. The molecule has 1 amide bonds. The molecule has 0 saturated carbocycles. The van der Waals surface area contributed by atoms with Gasteiger partial charge in [0.25, 0.3) is 5.56 Å². The largest absolute Gasteiger partial charge is 0.493 e. The Morgan fingerprint density at radius 3 is 2.51 bits per heavy atom. The summed E-state index contributed by atoms with van der Waals surface area (Å²) in [6, 6.07) is 12.9. The first-order valence-corrected chi connectivity index (χ1v) is 12.1. The first-order chi connectivity index (χ1) is 18.8. The minimum absolute atomic E-state index is 0.144. The maximum absolute atomic E-state index is 12.9. The van der Waals surface area contributed by atoms with E-state index >= 15 is 0 Å². The lowest BCUT2D eigenvalue weighted by Gasteiger charge is -2.09. The lowest BCUT2D eigenvalue weighted by molar-refractivity contribution is -0.111. The summed E-state index contributed by atoms with van der Waals surface area (Å²) in [6.45, 7) is 5.82. The summed E-state index contributed by atoms with van der Waals surface area (Å²) in [4.78, 5) is 33.1. The summed E-state index contributed by atoms with van der Waals surface area (Å²) < 4.78 is 13.6. The Morgan fingerprint density at radius 1 is 0.974 bits per heavy atom. The first kappa shape index (κ1) is 25.5. The molecule has 0 aliphatic carbocycles. The number of nitrogens with one attached hydrogen (secondary N) is 2. The molecule has 0 aliphatic rings. The molecular formula is C28H27N7O4. The Labute approximate surface area is 223 Å². The summed E-state index contributed by atoms with van der Waals surface area (Å²) in [6.07, 6.45) is 4.53. The SMILES string of the molecule is COc1ccc(/C=C\C(=O)Nc2cc(C)nn2-c2nc3c(cnn3-c3ccc(C)c(C)c3)c(=O)[nH]2)cc1OC. The number of aromatic nitrogens is 6. The van der Waals surface area contributed by atoms with E-state index in [0.717, 1.165) is 22.4 Å². The number of benzene rings is 2. The van der Waals surface area contributed by atoms with E-state index < -0.39 is 5.91 Å². The maximum Gasteiger partial charge on any atom is 0.263 e. The quantitative estimate of drug-likeness (QED) is 0.309. The van der Waals surface area contributed by atoms with Gasteiger partial charge in [-0.3, -0.25) is 14.6 Å². The number of ether oxygens (including phenoxy) is 2. The fourth-order valence-corrected chi connectivity index (χ4v) is 4.10. The first-order valence-electron chi connectivity index (χ1n) is 12.1. The average molecular weight is 526 g/mol. The van der Waals surface area contributed by atoms with Crippen LogP contribution in [0.1, 0.15) is 22.4 Å². The van der Waals surface area contributed by atoms with Gasteiger partial charge in [-0.2, -0.15) is 19.9 Å². The summed E-state index contributed by atoms with van der Waals surface area (Å²) in [5.74, 6) is 1.24. The second kappa shape index (κ2) is 10.3. The third kappa shape index (κ3) is 5.01. The normalized spacial score (nSPS) is 11.3. The highest BCUT2D eigenvalue weighted by Gasteiger charge is 2.17. The number of H-pyrrole nitrogens is 1. The summed E-state index contributed by atoms with van der Waals surface area (Å²) >= 11 is 0. The minimum atomic E-state index is -0.394. The second-order valence-corrected chi connectivity index (χ2v) is 8.97. The molecule has 0 aliphatic heterocycles. The van der Waals surface area contributed by atoms with E-state index in [1.54, 1.807) is 50.1 Å². The Kier molecular flexibility index (Phi) is 6.72. The van der Waals surface area contributed by atoms with Gasteiger partial charge >= 0.3 is 0 Å². The summed E-state index contributed by atoms with van der Waals surface area (Å²) in [5.41, 5.74) is 4.40. The molecule has 0 saturated heterocycles. The molecule has 3 aromatic heterocycles. The van der Waals surface area contributed by atoms with Crippen LogP contribution < -0.4 is 20.3 Å². The zero-order valence-electron chi connectivity index (χ0n) is 22.1. The number of nitrogens with zero attached hydrogens (tertiary/aromatic N) is 5. The third-order valence-corrected chi connectivity index (χ3v) is 6.28. The summed E-state index contributed by atoms with van der Waals surface area (Å²) in [7, 11) is 3.11. The van der Waals surface area contributed by atoms with Crippen LogP contribution in [0.4, 0.5) is 5.82 Å². The van der Waals surface area contributed by atoms with Crippen molar-refractivity contribution in [2.24, 2.45) is 0 Å². The number of amides is 1. The van der Waals surface area contributed by atoms with Crippen molar-refractivity contribution in [2.75, 3.05) is 19.5 Å². The number of hydrogen-bond donors (Lipinski definition) is 2. The third-order valence-electron chi connectivity index (χ3n) is 6.28. The van der Waals surface area contributed by atoms with Crippen molar-refractivity contribution in [1.29, 1.82) is 0 Å². The lowest BCUT2D eigenvalue weighted by Crippen LogP contribution is -2.18. The van der Waals surface area contributed by atoms with E-state index in [9.17, 15) is 9.59 Å². The number of hydrogen-bond acceptors (Lipinski definition) is 7. The fourth-order valence-electron chi connectivity index (χ4n) is 4.10. The second-order valence-electron chi connectivity index (χ2n) is 8.97. The zero-order chi connectivity index (χ0) is 27.7. The standard InChI is InChI=1S/C28H27N7O4/c1-16-6-9-20(12-17(16)2)34-26-21(15-29-34)27(37)32-28(31-26)35-24(13-18(3)33-35)30-25(36)11-8-19-7-10-22(38-4)23(14-19)39-5/h6-15H,1-5H3,(H,30,36)(H,31,32,37)/b11-8-. The van der Waals surface area contributed by atoms with Gasteiger partial charge in [-0.1, -0.05) is 12.1 Å². The Hall–Kier alpha value is -5.19. The molecule has 3 heterocycles. The predicted octanol–water partition coefficient (Wildman–Crippen LogP) is 3.89. The molecule has 2 aromatic carbocycles. The molecule has 0 fully saturated rings. The van der Waals surface area contributed by atoms with Crippen LogP contribution in [0.25, 0.3) is 28.7 Å². The Bertz CT molecular complexity index is 1800. The van der Waals surface area contributed by atoms with Crippen LogP contribution in [0.2, 0.25) is 0 Å². The molecule has 0 bridgehead atoms. The Morgan fingerprint density at radius 2 is 1.77 bits per heavy atom. The number of methoxy groups -OCH3 is 2. The van der Waals surface area contributed by atoms with Gasteiger partial charge in [-0.25, -0.2) is 4.68 Å². The van der Waals surface area contributed by atoms with E-state index in [2.05, 4.69) is 25.5 Å². The topological polar surface area (TPSA) is 129 Å². The number of carbonyl (C=O) groups excluding carboxylic acids is 1. The van der Waals surface area contributed by atoms with Crippen molar-refractivity contribution in [1.82, 2.24) is 29.5 Å². The number of aryl methyl sites for hydroxylation is 3. The summed E-state index contributed by atoms with van der Waals surface area (Å²) in [5, 5.41) is 12.0. The molecule has 0 unspecified atom stereocenters. The lowest BCUT2D eigenvalue weighted by atomic mass is 10.1. The molecule has 11 nitrogen and oxygen atoms in total. The van der Waals surface area contributed by atoms with E-state index in [-0.39, 0.29) is 11.5 Å². The van der Waals surface area contributed by atoms with E-state index in [1.807, 2.05) is 38.1 Å². The van der Waals surface area contributed by atoms with Crippen LogP contribution >= 0.6 is 0 Å². The number of anilines is 1. The van der Waals surface area contributed by atoms with Gasteiger partial charge in [-0.15, -0.1) is 0 Å². The number of aromatic amines is 1. The fraction of sp³-hybridized carbons (Fsp3) is 0.179. The van der Waals surface area contributed by atoms with Crippen molar-refractivity contribution in [3.63, 3.8) is 0 Å². The zero-order valence-corrected chi connectivity index (χ0v) is 22.1.